The minimum Gasteiger partial charge on any atom is -0.325 e. The molecule has 0 unspecified atom stereocenters. The summed E-state index contributed by atoms with van der Waals surface area (Å²) in [6.45, 7) is 1.92. The third-order valence-electron chi connectivity index (χ3n) is 4.85. The van der Waals surface area contributed by atoms with Gasteiger partial charge in [0.2, 0.25) is 20.9 Å². The topological polar surface area (TPSA) is 81.1 Å². The van der Waals surface area contributed by atoms with Crippen molar-refractivity contribution in [1.82, 2.24) is 9.55 Å². The van der Waals surface area contributed by atoms with E-state index in [4.69, 9.17) is 11.6 Å². The van der Waals surface area contributed by atoms with Gasteiger partial charge >= 0.3 is 0 Å². The lowest BCUT2D eigenvalue weighted by atomic mass is 10.2. The lowest BCUT2D eigenvalue weighted by molar-refractivity contribution is -0.113. The zero-order valence-corrected chi connectivity index (χ0v) is 19.1. The summed E-state index contributed by atoms with van der Waals surface area (Å²) in [5, 5.41) is 2.75. The molecule has 0 radical (unpaired) electrons. The summed E-state index contributed by atoms with van der Waals surface area (Å²) in [7, 11) is -4.13. The molecule has 0 bridgehead atoms. The van der Waals surface area contributed by atoms with Crippen molar-refractivity contribution in [3.63, 3.8) is 0 Å². The Morgan fingerprint density at radius 1 is 1.00 bits per heavy atom. The highest BCUT2D eigenvalue weighted by atomic mass is 35.5. The largest absolute Gasteiger partial charge is 0.325 e. The van der Waals surface area contributed by atoms with Crippen LogP contribution < -0.4 is 5.32 Å². The molecule has 0 atom stereocenters. The van der Waals surface area contributed by atoms with Gasteiger partial charge in [-0.25, -0.2) is 17.8 Å². The van der Waals surface area contributed by atoms with E-state index in [1.807, 2.05) is 19.1 Å². The molecule has 0 saturated carbocycles. The molecule has 0 saturated heterocycles. The zero-order valence-electron chi connectivity index (χ0n) is 17.5. The molecular formula is C24H19ClFN3O3S. The Morgan fingerprint density at radius 2 is 1.64 bits per heavy atom. The van der Waals surface area contributed by atoms with Crippen LogP contribution in [0.25, 0.3) is 16.9 Å². The lowest BCUT2D eigenvalue weighted by Gasteiger charge is -2.09. The number of nitrogens with one attached hydrogen (secondary N) is 1. The summed E-state index contributed by atoms with van der Waals surface area (Å²) in [4.78, 5) is 16.8. The molecule has 0 spiro atoms. The first-order valence-corrected chi connectivity index (χ1v) is 11.9. The molecule has 1 N–H and O–H groups in total. The normalized spacial score (nSPS) is 11.4. The van der Waals surface area contributed by atoms with Gasteiger partial charge in [-0.15, -0.1) is 0 Å². The first-order valence-electron chi connectivity index (χ1n) is 9.92. The van der Waals surface area contributed by atoms with Crippen molar-refractivity contribution in [1.29, 1.82) is 0 Å². The van der Waals surface area contributed by atoms with Gasteiger partial charge in [0.15, 0.2) is 0 Å². The first-order chi connectivity index (χ1) is 15.7. The number of halogens is 2. The number of carbonyl (C=O) groups excluding carboxylic acids is 1. The second-order valence-electron chi connectivity index (χ2n) is 7.44. The van der Waals surface area contributed by atoms with Gasteiger partial charge in [-0.05, 0) is 55.5 Å². The molecule has 1 aromatic heterocycles. The van der Waals surface area contributed by atoms with E-state index in [1.165, 1.54) is 28.8 Å². The highest BCUT2D eigenvalue weighted by Gasteiger charge is 2.27. The fourth-order valence-corrected chi connectivity index (χ4v) is 4.57. The maximum atomic E-state index is 13.2. The van der Waals surface area contributed by atoms with E-state index in [1.54, 1.807) is 42.6 Å². The molecule has 6 nitrogen and oxygen atoms in total. The molecular weight excluding hydrogens is 465 g/mol. The Hall–Kier alpha value is -3.49. The van der Waals surface area contributed by atoms with Crippen molar-refractivity contribution >= 4 is 33.0 Å². The van der Waals surface area contributed by atoms with Crippen LogP contribution in [-0.2, 0) is 14.6 Å². The molecule has 9 heteroatoms. The van der Waals surface area contributed by atoms with Gasteiger partial charge in [0.25, 0.3) is 0 Å². The second kappa shape index (κ2) is 9.17. The number of imidazole rings is 1. The molecule has 3 aromatic carbocycles. The number of sulfone groups is 1. The molecule has 0 aliphatic rings. The Kier molecular flexibility index (Phi) is 6.31. The van der Waals surface area contributed by atoms with Crippen LogP contribution in [0.5, 0.6) is 0 Å². The molecule has 4 rings (SSSR count). The SMILES string of the molecule is Cc1ccc(-n2cc(-c3ccc(Cl)cc3)nc2S(=O)(=O)CC(=O)Nc2ccc(F)cc2)cc1. The van der Waals surface area contributed by atoms with E-state index in [9.17, 15) is 17.6 Å². The number of benzene rings is 3. The average molecular weight is 484 g/mol. The number of nitrogens with zero attached hydrogens (tertiary/aromatic N) is 2. The average Bonchev–Trinajstić information content (AvgIpc) is 3.22. The van der Waals surface area contributed by atoms with Crippen LogP contribution in [0.4, 0.5) is 10.1 Å². The molecule has 0 aliphatic carbocycles. The van der Waals surface area contributed by atoms with Crippen molar-refractivity contribution in [3.8, 4) is 16.9 Å². The van der Waals surface area contributed by atoms with Crippen LogP contribution in [0.2, 0.25) is 5.02 Å². The van der Waals surface area contributed by atoms with E-state index in [2.05, 4.69) is 10.3 Å². The van der Waals surface area contributed by atoms with Crippen molar-refractivity contribution in [3.05, 3.63) is 95.4 Å². The Morgan fingerprint density at radius 3 is 2.27 bits per heavy atom. The minimum atomic E-state index is -4.13. The first kappa shape index (κ1) is 22.7. The molecule has 1 amide bonds. The number of hydrogen-bond acceptors (Lipinski definition) is 4. The number of hydrogen-bond donors (Lipinski definition) is 1. The Labute approximate surface area is 195 Å². The number of amides is 1. The maximum Gasteiger partial charge on any atom is 0.240 e. The summed E-state index contributed by atoms with van der Waals surface area (Å²) < 4.78 is 41.0. The standard InChI is InChI=1S/C24H19ClFN3O3S/c1-16-2-12-21(13-3-16)29-14-22(17-4-6-18(25)7-5-17)28-24(29)33(31,32)15-23(30)27-20-10-8-19(26)9-11-20/h2-14H,15H2,1H3,(H,27,30). The highest BCUT2D eigenvalue weighted by molar-refractivity contribution is 7.92. The predicted octanol–water partition coefficient (Wildman–Crippen LogP) is 5.05. The van der Waals surface area contributed by atoms with Gasteiger partial charge in [0, 0.05) is 28.2 Å². The van der Waals surface area contributed by atoms with E-state index >= 15 is 0 Å². The van der Waals surface area contributed by atoms with Crippen molar-refractivity contribution in [2.75, 3.05) is 11.1 Å². The van der Waals surface area contributed by atoms with Crippen molar-refractivity contribution in [2.45, 2.75) is 12.1 Å². The fourth-order valence-electron chi connectivity index (χ4n) is 3.20. The lowest BCUT2D eigenvalue weighted by Crippen LogP contribution is -2.25. The Balaban J connectivity index is 1.70. The van der Waals surface area contributed by atoms with Crippen LogP contribution in [0, 0.1) is 12.7 Å². The van der Waals surface area contributed by atoms with Crippen LogP contribution in [0.1, 0.15) is 5.56 Å². The van der Waals surface area contributed by atoms with E-state index in [0.717, 1.165) is 5.56 Å². The van der Waals surface area contributed by atoms with Gasteiger partial charge in [0.1, 0.15) is 11.6 Å². The van der Waals surface area contributed by atoms with E-state index in [0.29, 0.717) is 27.7 Å². The molecule has 168 valence electrons. The molecule has 0 aliphatic heterocycles. The Bertz CT molecular complexity index is 1400. The summed E-state index contributed by atoms with van der Waals surface area (Å²) in [6, 6.07) is 19.2. The number of aryl methyl sites for hydroxylation is 1. The summed E-state index contributed by atoms with van der Waals surface area (Å²) in [6.07, 6.45) is 1.61. The van der Waals surface area contributed by atoms with E-state index < -0.39 is 27.3 Å². The molecule has 33 heavy (non-hydrogen) atoms. The quantitative estimate of drug-likeness (QED) is 0.416. The molecule has 0 fully saturated rings. The fraction of sp³-hybridized carbons (Fsp3) is 0.0833. The molecule has 4 aromatic rings. The summed E-state index contributed by atoms with van der Waals surface area (Å²) in [5.41, 5.74) is 2.99. The highest BCUT2D eigenvalue weighted by Crippen LogP contribution is 2.26. The number of aromatic nitrogens is 2. The third kappa shape index (κ3) is 5.30. The van der Waals surface area contributed by atoms with Crippen LogP contribution in [-0.4, -0.2) is 29.6 Å². The summed E-state index contributed by atoms with van der Waals surface area (Å²) in [5.74, 6) is -2.04. The smallest absolute Gasteiger partial charge is 0.240 e. The third-order valence-corrected chi connectivity index (χ3v) is 6.59. The van der Waals surface area contributed by atoms with Crippen LogP contribution >= 0.6 is 11.6 Å². The monoisotopic (exact) mass is 483 g/mol. The van der Waals surface area contributed by atoms with Gasteiger partial charge < -0.3 is 5.32 Å². The van der Waals surface area contributed by atoms with Crippen LogP contribution in [0.15, 0.2) is 84.1 Å². The zero-order chi connectivity index (χ0) is 23.6. The van der Waals surface area contributed by atoms with Gasteiger partial charge in [-0.1, -0.05) is 41.4 Å². The van der Waals surface area contributed by atoms with Gasteiger partial charge in [0.05, 0.1) is 5.69 Å². The van der Waals surface area contributed by atoms with Crippen LogP contribution in [0.3, 0.4) is 0 Å². The maximum absolute atomic E-state index is 13.2. The second-order valence-corrected chi connectivity index (χ2v) is 9.76. The van der Waals surface area contributed by atoms with E-state index in [-0.39, 0.29) is 5.16 Å². The van der Waals surface area contributed by atoms with Gasteiger partial charge in [-0.3, -0.25) is 9.36 Å². The van der Waals surface area contributed by atoms with Crippen molar-refractivity contribution < 1.29 is 17.6 Å². The van der Waals surface area contributed by atoms with Gasteiger partial charge in [-0.2, -0.15) is 0 Å². The predicted molar refractivity (Wildman–Crippen MR) is 126 cm³/mol. The minimum absolute atomic E-state index is 0.259. The molecule has 1 heterocycles. The number of rotatable bonds is 6. The number of anilines is 1. The van der Waals surface area contributed by atoms with Crippen molar-refractivity contribution in [2.24, 2.45) is 0 Å². The number of carbonyl (C=O) groups is 1. The summed E-state index contributed by atoms with van der Waals surface area (Å²) >= 11 is 5.96.